The maximum atomic E-state index is 6.46. The highest BCUT2D eigenvalue weighted by molar-refractivity contribution is 5.41. The van der Waals surface area contributed by atoms with E-state index >= 15 is 0 Å². The van der Waals surface area contributed by atoms with Gasteiger partial charge in [0.2, 0.25) is 0 Å². The molecule has 5 atom stereocenters. The van der Waals surface area contributed by atoms with Crippen LogP contribution in [-0.2, 0) is 17.8 Å². The Morgan fingerprint density at radius 1 is 1.00 bits per heavy atom. The molecule has 3 heteroatoms. The lowest BCUT2D eigenvalue weighted by atomic mass is 9.55. The monoisotopic (exact) mass is 433 g/mol. The summed E-state index contributed by atoms with van der Waals surface area (Å²) in [5, 5.41) is 0. The quantitative estimate of drug-likeness (QED) is 0.529. The molecule has 2 aromatic carbocycles. The SMILES string of the molecule is CN(C)CCO[C@@H]1CC[C@H]2[C@@H]3CCc4cc(OCc5ccccc5)ccc4[C@H]3CC[C@]12C. The number of hydrogen-bond donors (Lipinski definition) is 0. The maximum absolute atomic E-state index is 6.46. The Kier molecular flexibility index (Phi) is 6.31. The Morgan fingerprint density at radius 2 is 1.84 bits per heavy atom. The number of aryl methyl sites for hydroxylation is 1. The Morgan fingerprint density at radius 3 is 2.66 bits per heavy atom. The summed E-state index contributed by atoms with van der Waals surface area (Å²) in [6.07, 6.45) is 8.17. The second-order valence-corrected chi connectivity index (χ2v) is 10.8. The van der Waals surface area contributed by atoms with E-state index in [4.69, 9.17) is 9.47 Å². The van der Waals surface area contributed by atoms with Crippen LogP contribution in [0.3, 0.4) is 0 Å². The first kappa shape index (κ1) is 22.0. The molecule has 3 aliphatic carbocycles. The summed E-state index contributed by atoms with van der Waals surface area (Å²) >= 11 is 0. The standard InChI is InChI=1S/C29H39NO2/c1-29-16-15-25-24-12-10-23(32-20-21-7-5-4-6-8-21)19-22(24)9-11-26(25)27(29)13-14-28(29)31-18-17-30(2)3/h4-8,10,12,19,25-28H,9,11,13-18,20H2,1-3H3/t25-,26-,27+,28-,29+/m1/s1. The molecule has 0 radical (unpaired) electrons. The first-order valence-electron chi connectivity index (χ1n) is 12.6. The molecule has 2 aromatic rings. The molecule has 32 heavy (non-hydrogen) atoms. The van der Waals surface area contributed by atoms with Gasteiger partial charge in [0.05, 0.1) is 12.7 Å². The van der Waals surface area contributed by atoms with Gasteiger partial charge >= 0.3 is 0 Å². The van der Waals surface area contributed by atoms with E-state index in [-0.39, 0.29) is 0 Å². The van der Waals surface area contributed by atoms with E-state index in [1.807, 2.05) is 0 Å². The summed E-state index contributed by atoms with van der Waals surface area (Å²) < 4.78 is 12.6. The Labute approximate surface area is 194 Å². The van der Waals surface area contributed by atoms with Crippen LogP contribution in [0.15, 0.2) is 48.5 Å². The van der Waals surface area contributed by atoms with Gasteiger partial charge in [-0.1, -0.05) is 43.3 Å². The molecular weight excluding hydrogens is 394 g/mol. The van der Waals surface area contributed by atoms with E-state index in [2.05, 4.69) is 74.4 Å². The van der Waals surface area contributed by atoms with E-state index < -0.39 is 0 Å². The highest BCUT2D eigenvalue weighted by Gasteiger charge is 2.55. The molecule has 0 heterocycles. The molecule has 0 unspecified atom stereocenters. The molecule has 0 aliphatic heterocycles. The van der Waals surface area contributed by atoms with Crippen LogP contribution >= 0.6 is 0 Å². The number of nitrogens with zero attached hydrogens (tertiary/aromatic N) is 1. The fourth-order valence-corrected chi connectivity index (χ4v) is 6.99. The van der Waals surface area contributed by atoms with Gasteiger partial charge in [-0.2, -0.15) is 0 Å². The van der Waals surface area contributed by atoms with E-state index in [1.54, 1.807) is 5.56 Å². The van der Waals surface area contributed by atoms with E-state index in [1.165, 1.54) is 49.7 Å². The summed E-state index contributed by atoms with van der Waals surface area (Å²) in [7, 11) is 4.26. The van der Waals surface area contributed by atoms with E-state index in [0.29, 0.717) is 18.1 Å². The van der Waals surface area contributed by atoms with Gasteiger partial charge < -0.3 is 14.4 Å². The van der Waals surface area contributed by atoms with Crippen molar-refractivity contribution >= 4 is 0 Å². The Bertz CT molecular complexity index is 911. The predicted octanol–water partition coefficient (Wildman–Crippen LogP) is 6.07. The Balaban J connectivity index is 1.26. The van der Waals surface area contributed by atoms with Crippen LogP contribution in [0.2, 0.25) is 0 Å². The average molecular weight is 434 g/mol. The van der Waals surface area contributed by atoms with Crippen molar-refractivity contribution in [2.45, 2.75) is 64.1 Å². The van der Waals surface area contributed by atoms with Gasteiger partial charge in [0.15, 0.2) is 0 Å². The van der Waals surface area contributed by atoms with Crippen molar-refractivity contribution in [3.05, 3.63) is 65.2 Å². The summed E-state index contributed by atoms with van der Waals surface area (Å²) in [6.45, 7) is 5.06. The fraction of sp³-hybridized carbons (Fsp3) is 0.586. The van der Waals surface area contributed by atoms with Gasteiger partial charge in [0, 0.05) is 6.54 Å². The predicted molar refractivity (Wildman–Crippen MR) is 130 cm³/mol. The van der Waals surface area contributed by atoms with Gasteiger partial charge in [-0.25, -0.2) is 0 Å². The third-order valence-electron chi connectivity index (χ3n) is 8.72. The van der Waals surface area contributed by atoms with Crippen LogP contribution in [0.4, 0.5) is 0 Å². The first-order valence-corrected chi connectivity index (χ1v) is 12.6. The van der Waals surface area contributed by atoms with E-state index in [9.17, 15) is 0 Å². The molecule has 0 N–H and O–H groups in total. The minimum Gasteiger partial charge on any atom is -0.489 e. The topological polar surface area (TPSA) is 21.7 Å². The van der Waals surface area contributed by atoms with Crippen molar-refractivity contribution in [3.63, 3.8) is 0 Å². The molecule has 5 rings (SSSR count). The highest BCUT2D eigenvalue weighted by Crippen LogP contribution is 2.61. The number of ether oxygens (including phenoxy) is 2. The molecule has 3 nitrogen and oxygen atoms in total. The molecule has 0 aromatic heterocycles. The third-order valence-corrected chi connectivity index (χ3v) is 8.72. The van der Waals surface area contributed by atoms with Gasteiger partial charge in [-0.3, -0.25) is 0 Å². The van der Waals surface area contributed by atoms with Crippen LogP contribution in [0.1, 0.15) is 61.6 Å². The van der Waals surface area contributed by atoms with Crippen LogP contribution in [0.5, 0.6) is 5.75 Å². The molecular formula is C29H39NO2. The van der Waals surface area contributed by atoms with Crippen LogP contribution < -0.4 is 4.74 Å². The minimum absolute atomic E-state index is 0.365. The number of hydrogen-bond acceptors (Lipinski definition) is 3. The average Bonchev–Trinajstić information content (AvgIpc) is 3.14. The number of fused-ring (bicyclic) bond motifs is 5. The van der Waals surface area contributed by atoms with Crippen molar-refractivity contribution in [3.8, 4) is 5.75 Å². The van der Waals surface area contributed by atoms with Crippen LogP contribution in [0, 0.1) is 17.3 Å². The summed E-state index contributed by atoms with van der Waals surface area (Å²) in [5.74, 6) is 3.37. The first-order chi connectivity index (χ1) is 15.5. The second kappa shape index (κ2) is 9.19. The lowest BCUT2D eigenvalue weighted by Gasteiger charge is -2.50. The largest absolute Gasteiger partial charge is 0.489 e. The zero-order valence-electron chi connectivity index (χ0n) is 20.1. The molecule has 172 valence electrons. The zero-order valence-corrected chi connectivity index (χ0v) is 20.1. The summed E-state index contributed by atoms with van der Waals surface area (Å²) in [4.78, 5) is 2.22. The maximum Gasteiger partial charge on any atom is 0.120 e. The van der Waals surface area contributed by atoms with Crippen LogP contribution in [-0.4, -0.2) is 38.3 Å². The zero-order chi connectivity index (χ0) is 22.1. The highest BCUT2D eigenvalue weighted by atomic mass is 16.5. The molecule has 0 saturated heterocycles. The summed E-state index contributed by atoms with van der Waals surface area (Å²) in [6, 6.07) is 17.4. The molecule has 0 spiro atoms. The minimum atomic E-state index is 0.365. The van der Waals surface area contributed by atoms with Crippen molar-refractivity contribution in [2.24, 2.45) is 17.3 Å². The smallest absolute Gasteiger partial charge is 0.120 e. The lowest BCUT2D eigenvalue weighted by molar-refractivity contribution is -0.0661. The molecule has 0 bridgehead atoms. The Hall–Kier alpha value is -1.84. The molecule has 0 amide bonds. The number of rotatable bonds is 7. The normalized spacial score (nSPS) is 31.1. The molecule has 2 fully saturated rings. The van der Waals surface area contributed by atoms with Crippen molar-refractivity contribution in [2.75, 3.05) is 27.2 Å². The van der Waals surface area contributed by atoms with Crippen molar-refractivity contribution in [1.82, 2.24) is 4.90 Å². The number of benzene rings is 2. The van der Waals surface area contributed by atoms with Crippen LogP contribution in [0.25, 0.3) is 0 Å². The molecule has 3 aliphatic rings. The second-order valence-electron chi connectivity index (χ2n) is 10.8. The third kappa shape index (κ3) is 4.22. The summed E-state index contributed by atoms with van der Waals surface area (Å²) in [5.41, 5.74) is 4.72. The van der Waals surface area contributed by atoms with Gasteiger partial charge in [-0.05, 0) is 105 Å². The van der Waals surface area contributed by atoms with Crippen molar-refractivity contribution < 1.29 is 9.47 Å². The van der Waals surface area contributed by atoms with Crippen molar-refractivity contribution in [1.29, 1.82) is 0 Å². The van der Waals surface area contributed by atoms with Gasteiger partial charge in [0.25, 0.3) is 0 Å². The number of likely N-dealkylation sites (N-methyl/N-ethyl adjacent to an activating group) is 1. The van der Waals surface area contributed by atoms with Gasteiger partial charge in [0.1, 0.15) is 12.4 Å². The lowest BCUT2D eigenvalue weighted by Crippen LogP contribution is -2.45. The van der Waals surface area contributed by atoms with Gasteiger partial charge in [-0.15, -0.1) is 0 Å². The molecule has 2 saturated carbocycles. The fourth-order valence-electron chi connectivity index (χ4n) is 6.99. The van der Waals surface area contributed by atoms with E-state index in [0.717, 1.165) is 36.7 Å².